The van der Waals surface area contributed by atoms with Gasteiger partial charge in [-0.3, -0.25) is 4.79 Å². The number of para-hydroxylation sites is 1. The molecule has 0 bridgehead atoms. The maximum Gasteiger partial charge on any atom is 0.262 e. The molecule has 2 aromatic rings. The molecule has 0 aliphatic rings. The van der Waals surface area contributed by atoms with Gasteiger partial charge in [0.1, 0.15) is 5.75 Å². The molecule has 0 radical (unpaired) electrons. The fourth-order valence-corrected chi connectivity index (χ4v) is 1.74. The summed E-state index contributed by atoms with van der Waals surface area (Å²) in [5, 5.41) is 11.9. The molecule has 2 aromatic carbocycles. The van der Waals surface area contributed by atoms with Crippen LogP contribution in [0.1, 0.15) is 5.56 Å². The Hall–Kier alpha value is -2.51. The van der Waals surface area contributed by atoms with Crippen LogP contribution in [-0.2, 0) is 4.79 Å². The smallest absolute Gasteiger partial charge is 0.262 e. The number of amides is 1. The van der Waals surface area contributed by atoms with Crippen molar-refractivity contribution in [3.8, 4) is 11.8 Å². The number of nitrogens with zero attached hydrogens (tertiary/aromatic N) is 1. The topological polar surface area (TPSA) is 62.1 Å². The van der Waals surface area contributed by atoms with Crippen LogP contribution in [-0.4, -0.2) is 12.5 Å². The highest BCUT2D eigenvalue weighted by molar-refractivity contribution is 6.33. The molecular formula is C15H11ClN2O2. The lowest BCUT2D eigenvalue weighted by Crippen LogP contribution is -2.20. The van der Waals surface area contributed by atoms with Gasteiger partial charge in [-0.1, -0.05) is 29.8 Å². The van der Waals surface area contributed by atoms with Gasteiger partial charge >= 0.3 is 0 Å². The minimum atomic E-state index is -0.319. The highest BCUT2D eigenvalue weighted by Crippen LogP contribution is 2.20. The van der Waals surface area contributed by atoms with Crippen LogP contribution in [0.5, 0.6) is 5.75 Å². The van der Waals surface area contributed by atoms with Gasteiger partial charge in [0, 0.05) is 0 Å². The van der Waals surface area contributed by atoms with Gasteiger partial charge in [0.2, 0.25) is 0 Å². The van der Waals surface area contributed by atoms with Crippen LogP contribution in [0, 0.1) is 11.3 Å². The van der Waals surface area contributed by atoms with Crippen molar-refractivity contribution in [2.24, 2.45) is 0 Å². The molecule has 0 aliphatic heterocycles. The van der Waals surface area contributed by atoms with Gasteiger partial charge in [-0.2, -0.15) is 5.26 Å². The predicted molar refractivity (Wildman–Crippen MR) is 76.7 cm³/mol. The first-order valence-corrected chi connectivity index (χ1v) is 6.24. The van der Waals surface area contributed by atoms with Crippen molar-refractivity contribution in [2.75, 3.05) is 11.9 Å². The van der Waals surface area contributed by atoms with Crippen LogP contribution in [0.15, 0.2) is 48.5 Å². The van der Waals surface area contributed by atoms with Gasteiger partial charge in [-0.25, -0.2) is 0 Å². The van der Waals surface area contributed by atoms with Gasteiger partial charge in [-0.15, -0.1) is 0 Å². The molecular weight excluding hydrogens is 276 g/mol. The molecule has 0 spiro atoms. The van der Waals surface area contributed by atoms with Gasteiger partial charge in [0.25, 0.3) is 5.91 Å². The molecule has 5 heteroatoms. The summed E-state index contributed by atoms with van der Waals surface area (Å²) in [6, 6.07) is 15.6. The second-order valence-electron chi connectivity index (χ2n) is 3.96. The van der Waals surface area contributed by atoms with E-state index in [1.165, 1.54) is 0 Å². The van der Waals surface area contributed by atoms with E-state index >= 15 is 0 Å². The van der Waals surface area contributed by atoms with E-state index in [1.807, 2.05) is 6.07 Å². The largest absolute Gasteiger partial charge is 0.484 e. The molecule has 100 valence electrons. The predicted octanol–water partition coefficient (Wildman–Crippen LogP) is 3.23. The van der Waals surface area contributed by atoms with E-state index in [4.69, 9.17) is 21.6 Å². The fourth-order valence-electron chi connectivity index (χ4n) is 1.55. The first kappa shape index (κ1) is 13.9. The summed E-state index contributed by atoms with van der Waals surface area (Å²) in [6.07, 6.45) is 0. The van der Waals surface area contributed by atoms with Crippen LogP contribution in [0.3, 0.4) is 0 Å². The van der Waals surface area contributed by atoms with Crippen molar-refractivity contribution in [1.29, 1.82) is 5.26 Å². The number of ether oxygens (including phenoxy) is 1. The maximum absolute atomic E-state index is 11.7. The van der Waals surface area contributed by atoms with Gasteiger partial charge < -0.3 is 10.1 Å². The average molecular weight is 287 g/mol. The number of benzene rings is 2. The second-order valence-corrected chi connectivity index (χ2v) is 4.36. The minimum Gasteiger partial charge on any atom is -0.484 e. The van der Waals surface area contributed by atoms with Crippen LogP contribution in [0.2, 0.25) is 5.02 Å². The Morgan fingerprint density at radius 1 is 1.25 bits per heavy atom. The third-order valence-corrected chi connectivity index (χ3v) is 2.81. The molecule has 1 amide bonds. The number of nitriles is 1. The van der Waals surface area contributed by atoms with Gasteiger partial charge in [0.15, 0.2) is 6.61 Å². The molecule has 0 unspecified atom stereocenters. The van der Waals surface area contributed by atoms with E-state index in [-0.39, 0.29) is 12.5 Å². The molecule has 20 heavy (non-hydrogen) atoms. The summed E-state index contributed by atoms with van der Waals surface area (Å²) >= 11 is 5.93. The standard InChI is InChI=1S/C15H11ClN2O2/c16-13-6-1-2-7-14(13)18-15(19)10-20-12-5-3-4-11(8-12)9-17/h1-8H,10H2,(H,18,19). The molecule has 4 nitrogen and oxygen atoms in total. The van der Waals surface area contributed by atoms with E-state index in [0.717, 1.165) is 0 Å². The van der Waals surface area contributed by atoms with E-state index in [1.54, 1.807) is 48.5 Å². The molecule has 0 aromatic heterocycles. The van der Waals surface area contributed by atoms with Gasteiger partial charge in [-0.05, 0) is 30.3 Å². The number of anilines is 1. The Morgan fingerprint density at radius 2 is 2.05 bits per heavy atom. The van der Waals surface area contributed by atoms with Gasteiger partial charge in [0.05, 0.1) is 22.3 Å². The van der Waals surface area contributed by atoms with Crippen LogP contribution < -0.4 is 10.1 Å². The zero-order valence-corrected chi connectivity index (χ0v) is 11.2. The lowest BCUT2D eigenvalue weighted by atomic mass is 10.2. The third-order valence-electron chi connectivity index (χ3n) is 2.48. The first-order valence-electron chi connectivity index (χ1n) is 5.86. The molecule has 2 rings (SSSR count). The normalized spacial score (nSPS) is 9.60. The zero-order valence-electron chi connectivity index (χ0n) is 10.5. The summed E-state index contributed by atoms with van der Waals surface area (Å²) in [5.41, 5.74) is 1.02. The van der Waals surface area contributed by atoms with E-state index in [0.29, 0.717) is 22.0 Å². The maximum atomic E-state index is 11.7. The van der Waals surface area contributed by atoms with Crippen molar-refractivity contribution in [1.82, 2.24) is 0 Å². The summed E-state index contributed by atoms with van der Waals surface area (Å²) < 4.78 is 5.32. The number of carbonyl (C=O) groups excluding carboxylic acids is 1. The average Bonchev–Trinajstić information content (AvgIpc) is 2.48. The Kier molecular flexibility index (Phi) is 4.59. The SMILES string of the molecule is N#Cc1cccc(OCC(=O)Nc2ccccc2Cl)c1. The highest BCUT2D eigenvalue weighted by Gasteiger charge is 2.06. The molecule has 0 atom stereocenters. The number of hydrogen-bond acceptors (Lipinski definition) is 3. The Bertz CT molecular complexity index is 665. The van der Waals surface area contributed by atoms with Crippen LogP contribution >= 0.6 is 11.6 Å². The molecule has 0 heterocycles. The van der Waals surface area contributed by atoms with Crippen LogP contribution in [0.4, 0.5) is 5.69 Å². The summed E-state index contributed by atoms with van der Waals surface area (Å²) in [4.78, 5) is 11.7. The first-order chi connectivity index (χ1) is 9.69. The quantitative estimate of drug-likeness (QED) is 0.938. The van der Waals surface area contributed by atoms with E-state index in [9.17, 15) is 4.79 Å². The third kappa shape index (κ3) is 3.74. The minimum absolute atomic E-state index is 0.153. The summed E-state index contributed by atoms with van der Waals surface area (Å²) in [7, 11) is 0. The summed E-state index contributed by atoms with van der Waals surface area (Å²) in [5.74, 6) is 0.152. The monoisotopic (exact) mass is 286 g/mol. The lowest BCUT2D eigenvalue weighted by Gasteiger charge is -2.08. The highest BCUT2D eigenvalue weighted by atomic mass is 35.5. The van der Waals surface area contributed by atoms with E-state index < -0.39 is 0 Å². The number of rotatable bonds is 4. The van der Waals surface area contributed by atoms with Crippen molar-refractivity contribution in [2.45, 2.75) is 0 Å². The van der Waals surface area contributed by atoms with Crippen molar-refractivity contribution in [3.63, 3.8) is 0 Å². The Labute approximate surface area is 121 Å². The molecule has 0 saturated carbocycles. The van der Waals surface area contributed by atoms with Crippen molar-refractivity contribution >= 4 is 23.2 Å². The number of carbonyl (C=O) groups is 1. The molecule has 0 saturated heterocycles. The number of hydrogen-bond donors (Lipinski definition) is 1. The second kappa shape index (κ2) is 6.60. The Balaban J connectivity index is 1.93. The number of halogens is 1. The zero-order chi connectivity index (χ0) is 14.4. The van der Waals surface area contributed by atoms with E-state index in [2.05, 4.69) is 5.32 Å². The fraction of sp³-hybridized carbons (Fsp3) is 0.0667. The lowest BCUT2D eigenvalue weighted by molar-refractivity contribution is -0.118. The summed E-state index contributed by atoms with van der Waals surface area (Å²) in [6.45, 7) is -0.153. The van der Waals surface area contributed by atoms with Crippen LogP contribution in [0.25, 0.3) is 0 Å². The van der Waals surface area contributed by atoms with Crippen molar-refractivity contribution in [3.05, 3.63) is 59.1 Å². The molecule has 1 N–H and O–H groups in total. The molecule has 0 aliphatic carbocycles. The Morgan fingerprint density at radius 3 is 2.80 bits per heavy atom. The van der Waals surface area contributed by atoms with Crippen molar-refractivity contribution < 1.29 is 9.53 Å². The molecule has 0 fully saturated rings. The number of nitrogens with one attached hydrogen (secondary N) is 1.